The number of carbonyl (C=O) groups is 3. The Labute approximate surface area is 226 Å². The van der Waals surface area contributed by atoms with Crippen molar-refractivity contribution in [3.63, 3.8) is 0 Å². The van der Waals surface area contributed by atoms with Gasteiger partial charge in [0.2, 0.25) is 5.91 Å². The average Bonchev–Trinajstić information content (AvgIpc) is 3.05. The van der Waals surface area contributed by atoms with Crippen LogP contribution in [-0.2, 0) is 24.5 Å². The molecule has 0 bridgehead atoms. The van der Waals surface area contributed by atoms with E-state index in [0.717, 1.165) is 0 Å². The first kappa shape index (κ1) is 25.5. The van der Waals surface area contributed by atoms with Crippen molar-refractivity contribution in [1.29, 1.82) is 0 Å². The van der Waals surface area contributed by atoms with Gasteiger partial charge in [0.1, 0.15) is 22.6 Å². The molecule has 2 aromatic carbocycles. The van der Waals surface area contributed by atoms with E-state index in [1.54, 1.807) is 31.2 Å². The molecule has 192 valence electrons. The van der Waals surface area contributed by atoms with Crippen LogP contribution in [0.5, 0.6) is 0 Å². The van der Waals surface area contributed by atoms with Crippen LogP contribution in [0.3, 0.4) is 0 Å². The molecule has 3 aliphatic rings. The SMILES string of the molecule is CCOC(=O)C1=C(N)N(c2ccc(Br)cc2F)C2=C(C(=O)CC(C)(C)C2)C12C(=O)Nc1ccc(Cl)cc12. The van der Waals surface area contributed by atoms with Gasteiger partial charge in [0, 0.05) is 38.4 Å². The summed E-state index contributed by atoms with van der Waals surface area (Å²) in [5, 5.41) is 3.11. The van der Waals surface area contributed by atoms with Gasteiger partial charge in [-0.3, -0.25) is 14.5 Å². The summed E-state index contributed by atoms with van der Waals surface area (Å²) in [5.74, 6) is -2.65. The molecule has 1 aliphatic carbocycles. The number of hydrogen-bond acceptors (Lipinski definition) is 6. The molecule has 37 heavy (non-hydrogen) atoms. The van der Waals surface area contributed by atoms with Crippen molar-refractivity contribution < 1.29 is 23.5 Å². The number of fused-ring (bicyclic) bond motifs is 3. The maximum Gasteiger partial charge on any atom is 0.339 e. The predicted octanol–water partition coefficient (Wildman–Crippen LogP) is 5.33. The largest absolute Gasteiger partial charge is 0.462 e. The first-order valence-electron chi connectivity index (χ1n) is 11.7. The summed E-state index contributed by atoms with van der Waals surface area (Å²) in [7, 11) is 0. The summed E-state index contributed by atoms with van der Waals surface area (Å²) in [6.45, 7) is 5.44. The van der Waals surface area contributed by atoms with E-state index < -0.39 is 28.5 Å². The number of rotatable bonds is 3. The molecular weight excluding hydrogens is 565 g/mol. The lowest BCUT2D eigenvalue weighted by Crippen LogP contribution is -2.54. The number of Topliss-reactive ketones (excluding diaryl/α,β-unsaturated/α-hetero) is 1. The van der Waals surface area contributed by atoms with Gasteiger partial charge in [0.15, 0.2) is 5.78 Å². The minimum atomic E-state index is -1.90. The maximum absolute atomic E-state index is 15.4. The van der Waals surface area contributed by atoms with Gasteiger partial charge in [0.25, 0.3) is 0 Å². The number of amides is 1. The fraction of sp³-hybridized carbons (Fsp3) is 0.296. The first-order valence-corrected chi connectivity index (χ1v) is 12.9. The summed E-state index contributed by atoms with van der Waals surface area (Å²) < 4.78 is 21.3. The summed E-state index contributed by atoms with van der Waals surface area (Å²) >= 11 is 9.61. The van der Waals surface area contributed by atoms with Crippen molar-refractivity contribution in [3.8, 4) is 0 Å². The molecule has 1 unspecified atom stereocenters. The molecule has 3 N–H and O–H groups in total. The average molecular weight is 589 g/mol. The van der Waals surface area contributed by atoms with Gasteiger partial charge in [-0.15, -0.1) is 0 Å². The van der Waals surface area contributed by atoms with Crippen LogP contribution in [0, 0.1) is 11.2 Å². The Morgan fingerprint density at radius 3 is 2.62 bits per heavy atom. The van der Waals surface area contributed by atoms with Gasteiger partial charge < -0.3 is 15.8 Å². The van der Waals surface area contributed by atoms with Crippen LogP contribution in [0.2, 0.25) is 5.02 Å². The molecule has 0 saturated heterocycles. The molecule has 2 aromatic rings. The van der Waals surface area contributed by atoms with Gasteiger partial charge in [-0.1, -0.05) is 41.4 Å². The molecule has 5 rings (SSSR count). The normalized spacial score (nSPS) is 22.3. The number of ether oxygens (including phenoxy) is 1. The number of hydrogen-bond donors (Lipinski definition) is 2. The number of nitrogens with two attached hydrogens (primary N) is 1. The third-order valence-corrected chi connectivity index (χ3v) is 7.70. The van der Waals surface area contributed by atoms with Gasteiger partial charge in [-0.25, -0.2) is 9.18 Å². The predicted molar refractivity (Wildman–Crippen MR) is 141 cm³/mol. The van der Waals surface area contributed by atoms with Crippen LogP contribution in [0.15, 0.2) is 63.5 Å². The number of esters is 1. The standard InChI is InChI=1S/C27H24BrClFN3O4/c1-4-37-24(35)22-23(31)33(18-8-5-13(28)9-16(18)30)19-11-26(2,3)12-20(34)21(19)27(22)15-10-14(29)6-7-17(15)32-25(27)36/h5-10H,4,11-12,31H2,1-3H3,(H,32,36). The van der Waals surface area contributed by atoms with Crippen molar-refractivity contribution in [3.05, 3.63) is 79.9 Å². The summed E-state index contributed by atoms with van der Waals surface area (Å²) in [6.07, 6.45) is 0.411. The third-order valence-electron chi connectivity index (χ3n) is 6.97. The highest BCUT2D eigenvalue weighted by molar-refractivity contribution is 9.10. The second-order valence-electron chi connectivity index (χ2n) is 10.1. The second-order valence-corrected chi connectivity index (χ2v) is 11.4. The fourth-order valence-corrected chi connectivity index (χ4v) is 6.15. The van der Waals surface area contributed by atoms with Crippen molar-refractivity contribution in [2.45, 2.75) is 39.0 Å². The lowest BCUT2D eigenvalue weighted by Gasteiger charge is -2.47. The van der Waals surface area contributed by atoms with E-state index >= 15 is 4.39 Å². The number of halogens is 3. The van der Waals surface area contributed by atoms with Gasteiger partial charge in [0.05, 0.1) is 12.3 Å². The van der Waals surface area contributed by atoms with E-state index in [9.17, 15) is 14.4 Å². The zero-order valence-electron chi connectivity index (χ0n) is 20.4. The smallest absolute Gasteiger partial charge is 0.339 e. The summed E-state index contributed by atoms with van der Waals surface area (Å²) in [5.41, 5.74) is 5.25. The number of nitrogens with zero attached hydrogens (tertiary/aromatic N) is 1. The minimum absolute atomic E-state index is 0.00472. The summed E-state index contributed by atoms with van der Waals surface area (Å²) in [6, 6.07) is 9.17. The van der Waals surface area contributed by atoms with Gasteiger partial charge >= 0.3 is 5.97 Å². The molecule has 2 aliphatic heterocycles. The minimum Gasteiger partial charge on any atom is -0.462 e. The number of nitrogens with one attached hydrogen (secondary N) is 1. The van der Waals surface area contributed by atoms with Crippen LogP contribution in [0.4, 0.5) is 15.8 Å². The zero-order chi connectivity index (χ0) is 26.9. The van der Waals surface area contributed by atoms with E-state index in [2.05, 4.69) is 21.2 Å². The number of benzene rings is 2. The molecule has 0 aromatic heterocycles. The molecule has 10 heteroatoms. The molecule has 1 atom stereocenters. The Hall–Kier alpha value is -3.17. The highest BCUT2D eigenvalue weighted by Gasteiger charge is 2.63. The van der Waals surface area contributed by atoms with E-state index in [4.69, 9.17) is 22.1 Å². The van der Waals surface area contributed by atoms with Crippen LogP contribution >= 0.6 is 27.5 Å². The second kappa shape index (κ2) is 8.70. The van der Waals surface area contributed by atoms with Crippen LogP contribution in [0.25, 0.3) is 0 Å². The van der Waals surface area contributed by atoms with Gasteiger partial charge in [-0.2, -0.15) is 0 Å². The number of ketones is 1. The van der Waals surface area contributed by atoms with Crippen LogP contribution in [0.1, 0.15) is 39.2 Å². The number of allylic oxidation sites excluding steroid dienone is 1. The van der Waals surface area contributed by atoms with Crippen LogP contribution < -0.4 is 16.0 Å². The molecule has 7 nitrogen and oxygen atoms in total. The highest BCUT2D eigenvalue weighted by Crippen LogP contribution is 2.58. The number of carbonyl (C=O) groups excluding carboxylic acids is 3. The molecule has 1 spiro atoms. The van der Waals surface area contributed by atoms with Crippen molar-refractivity contribution >= 4 is 56.6 Å². The molecule has 0 fully saturated rings. The van der Waals surface area contributed by atoms with Gasteiger partial charge in [-0.05, 0) is 55.2 Å². The quantitative estimate of drug-likeness (QED) is 0.470. The Morgan fingerprint density at radius 2 is 1.95 bits per heavy atom. The van der Waals surface area contributed by atoms with Crippen LogP contribution in [-0.4, -0.2) is 24.3 Å². The Morgan fingerprint density at radius 1 is 1.22 bits per heavy atom. The number of anilines is 2. The van der Waals surface area contributed by atoms with E-state index in [0.29, 0.717) is 32.9 Å². The van der Waals surface area contributed by atoms with E-state index in [1.165, 1.54) is 17.0 Å². The maximum atomic E-state index is 15.4. The van der Waals surface area contributed by atoms with Crippen molar-refractivity contribution in [2.24, 2.45) is 11.1 Å². The monoisotopic (exact) mass is 587 g/mol. The highest BCUT2D eigenvalue weighted by atomic mass is 79.9. The summed E-state index contributed by atoms with van der Waals surface area (Å²) in [4.78, 5) is 42.9. The molecular formula is C27H24BrClFN3O4. The van der Waals surface area contributed by atoms with Crippen molar-refractivity contribution in [1.82, 2.24) is 0 Å². The van der Waals surface area contributed by atoms with E-state index in [1.807, 2.05) is 13.8 Å². The molecule has 1 amide bonds. The molecule has 2 heterocycles. The molecule has 0 radical (unpaired) electrons. The zero-order valence-corrected chi connectivity index (χ0v) is 22.7. The fourth-order valence-electron chi connectivity index (χ4n) is 5.65. The Balaban J connectivity index is 1.94. The Kier molecular flexibility index (Phi) is 5.99. The molecule has 0 saturated carbocycles. The van der Waals surface area contributed by atoms with E-state index in [-0.39, 0.29) is 41.5 Å². The van der Waals surface area contributed by atoms with Crippen molar-refractivity contribution in [2.75, 3.05) is 16.8 Å². The lowest BCUT2D eigenvalue weighted by molar-refractivity contribution is -0.140. The lowest BCUT2D eigenvalue weighted by atomic mass is 9.60. The topological polar surface area (TPSA) is 102 Å². The third kappa shape index (κ3) is 3.70. The Bertz CT molecular complexity index is 1470. The first-order chi connectivity index (χ1) is 17.4.